The highest BCUT2D eigenvalue weighted by Crippen LogP contribution is 2.34. The van der Waals surface area contributed by atoms with Crippen LogP contribution in [0.4, 0.5) is 0 Å². The molecule has 2 aliphatic heterocycles. The molecule has 2 saturated heterocycles. The van der Waals surface area contributed by atoms with Crippen molar-refractivity contribution in [1.29, 1.82) is 0 Å². The second-order valence-corrected chi connectivity index (χ2v) is 8.21. The number of nitrogens with zero attached hydrogens (tertiary/aromatic N) is 1. The standard InChI is InChI=1S/C25H26N2O7/c1-29-23-12-22-15(8-21(23)25(26)28)2-3-24(27-22)34-20-10-18(32-16-4-6-30-13-16)9-19(11-20)33-17-5-7-31-14-17/h2-3,8-12,16-17H,4-7,13-14H2,1H3,(H2,26,28). The fourth-order valence-electron chi connectivity index (χ4n) is 4.01. The quantitative estimate of drug-likeness (QED) is 0.537. The molecule has 2 N–H and O–H groups in total. The van der Waals surface area contributed by atoms with Crippen LogP contribution in [-0.2, 0) is 9.47 Å². The van der Waals surface area contributed by atoms with E-state index in [1.54, 1.807) is 30.3 Å². The molecule has 3 heterocycles. The predicted octanol–water partition coefficient (Wildman–Crippen LogP) is 3.47. The fraction of sp³-hybridized carbons (Fsp3) is 0.360. The van der Waals surface area contributed by atoms with Crippen molar-refractivity contribution in [1.82, 2.24) is 4.98 Å². The zero-order valence-corrected chi connectivity index (χ0v) is 18.8. The summed E-state index contributed by atoms with van der Waals surface area (Å²) in [5.74, 6) is 1.96. The molecule has 1 amide bonds. The van der Waals surface area contributed by atoms with E-state index in [0.29, 0.717) is 66.4 Å². The minimum absolute atomic E-state index is 0.0105. The van der Waals surface area contributed by atoms with Gasteiger partial charge in [-0.15, -0.1) is 0 Å². The summed E-state index contributed by atoms with van der Waals surface area (Å²) in [4.78, 5) is 16.3. The Labute approximate surface area is 196 Å². The largest absolute Gasteiger partial charge is 0.496 e. The lowest BCUT2D eigenvalue weighted by atomic mass is 10.1. The third-order valence-corrected chi connectivity index (χ3v) is 5.71. The molecule has 2 aliphatic rings. The van der Waals surface area contributed by atoms with Crippen LogP contribution in [0, 0.1) is 0 Å². The van der Waals surface area contributed by atoms with Gasteiger partial charge in [-0.3, -0.25) is 4.79 Å². The number of benzene rings is 2. The van der Waals surface area contributed by atoms with Crippen LogP contribution in [0.2, 0.25) is 0 Å². The highest BCUT2D eigenvalue weighted by molar-refractivity contribution is 6.00. The van der Waals surface area contributed by atoms with Crippen LogP contribution in [0.25, 0.3) is 10.9 Å². The van der Waals surface area contributed by atoms with Crippen molar-refractivity contribution in [2.24, 2.45) is 5.73 Å². The van der Waals surface area contributed by atoms with Gasteiger partial charge in [0.25, 0.3) is 5.91 Å². The second-order valence-electron chi connectivity index (χ2n) is 8.21. The van der Waals surface area contributed by atoms with Crippen molar-refractivity contribution in [3.05, 3.63) is 48.0 Å². The number of hydrogen-bond acceptors (Lipinski definition) is 8. The number of fused-ring (bicyclic) bond motifs is 1. The van der Waals surface area contributed by atoms with Crippen LogP contribution in [0.3, 0.4) is 0 Å². The molecule has 2 fully saturated rings. The number of ether oxygens (including phenoxy) is 6. The van der Waals surface area contributed by atoms with Gasteiger partial charge >= 0.3 is 0 Å². The molecule has 2 unspecified atom stereocenters. The van der Waals surface area contributed by atoms with Crippen LogP contribution in [0.5, 0.6) is 28.9 Å². The second kappa shape index (κ2) is 9.74. The highest BCUT2D eigenvalue weighted by atomic mass is 16.6. The molecule has 0 aliphatic carbocycles. The maximum absolute atomic E-state index is 11.7. The summed E-state index contributed by atoms with van der Waals surface area (Å²) in [6.07, 6.45) is 1.64. The third-order valence-electron chi connectivity index (χ3n) is 5.71. The number of rotatable bonds is 8. The van der Waals surface area contributed by atoms with Crippen LogP contribution >= 0.6 is 0 Å². The number of carbonyl (C=O) groups excluding carboxylic acids is 1. The van der Waals surface area contributed by atoms with Gasteiger partial charge < -0.3 is 34.2 Å². The van der Waals surface area contributed by atoms with Crippen molar-refractivity contribution in [3.8, 4) is 28.9 Å². The number of pyridine rings is 1. The van der Waals surface area contributed by atoms with Gasteiger partial charge in [0.1, 0.15) is 35.2 Å². The Morgan fingerprint density at radius 1 is 0.941 bits per heavy atom. The topological polar surface area (TPSA) is 111 Å². The number of hydrogen-bond donors (Lipinski definition) is 1. The molecule has 34 heavy (non-hydrogen) atoms. The summed E-state index contributed by atoms with van der Waals surface area (Å²) >= 11 is 0. The van der Waals surface area contributed by atoms with Crippen molar-refractivity contribution in [2.75, 3.05) is 33.5 Å². The minimum Gasteiger partial charge on any atom is -0.496 e. The van der Waals surface area contributed by atoms with Crippen LogP contribution in [0.1, 0.15) is 23.2 Å². The molecule has 2 aromatic carbocycles. The molecule has 0 saturated carbocycles. The predicted molar refractivity (Wildman–Crippen MR) is 123 cm³/mol. The molecule has 0 spiro atoms. The Hall–Kier alpha value is -3.56. The molecule has 3 aromatic rings. The van der Waals surface area contributed by atoms with E-state index in [1.807, 2.05) is 12.1 Å². The van der Waals surface area contributed by atoms with E-state index in [1.165, 1.54) is 7.11 Å². The van der Waals surface area contributed by atoms with Gasteiger partial charge in [0.15, 0.2) is 0 Å². The van der Waals surface area contributed by atoms with Crippen molar-refractivity contribution < 1.29 is 33.2 Å². The van der Waals surface area contributed by atoms with E-state index in [4.69, 9.17) is 34.2 Å². The Balaban J connectivity index is 1.43. The monoisotopic (exact) mass is 466 g/mol. The fourth-order valence-corrected chi connectivity index (χ4v) is 4.01. The van der Waals surface area contributed by atoms with Crippen LogP contribution in [-0.4, -0.2) is 56.6 Å². The molecule has 178 valence electrons. The minimum atomic E-state index is -0.566. The van der Waals surface area contributed by atoms with Gasteiger partial charge in [-0.1, -0.05) is 0 Å². The molecule has 0 radical (unpaired) electrons. The number of amides is 1. The lowest BCUT2D eigenvalue weighted by Gasteiger charge is -2.17. The van der Waals surface area contributed by atoms with Gasteiger partial charge in [-0.25, -0.2) is 4.98 Å². The summed E-state index contributed by atoms with van der Waals surface area (Å²) in [5, 5.41) is 0.741. The summed E-state index contributed by atoms with van der Waals surface area (Å²) in [6, 6.07) is 12.3. The van der Waals surface area contributed by atoms with Crippen LogP contribution in [0.15, 0.2) is 42.5 Å². The Kier molecular flexibility index (Phi) is 6.37. The van der Waals surface area contributed by atoms with Gasteiger partial charge in [0.2, 0.25) is 5.88 Å². The summed E-state index contributed by atoms with van der Waals surface area (Å²) in [5.41, 5.74) is 6.36. The maximum Gasteiger partial charge on any atom is 0.252 e. The zero-order chi connectivity index (χ0) is 23.5. The number of methoxy groups -OCH3 is 1. The Morgan fingerprint density at radius 2 is 1.59 bits per heavy atom. The van der Waals surface area contributed by atoms with Crippen molar-refractivity contribution in [2.45, 2.75) is 25.0 Å². The van der Waals surface area contributed by atoms with E-state index < -0.39 is 5.91 Å². The first kappa shape index (κ1) is 22.2. The molecule has 5 rings (SSSR count). The van der Waals surface area contributed by atoms with Crippen molar-refractivity contribution >= 4 is 16.8 Å². The number of aromatic nitrogens is 1. The lowest BCUT2D eigenvalue weighted by molar-refractivity contribution is 0.0997. The van der Waals surface area contributed by atoms with Gasteiger partial charge in [0.05, 0.1) is 44.6 Å². The SMILES string of the molecule is COc1cc2nc(Oc3cc(OC4CCOC4)cc(OC4CCOC4)c3)ccc2cc1C(N)=O. The Bertz CT molecular complexity index is 1150. The molecular weight excluding hydrogens is 440 g/mol. The number of carbonyl (C=O) groups is 1. The number of primary amides is 1. The average molecular weight is 466 g/mol. The average Bonchev–Trinajstić information content (AvgIpc) is 3.52. The summed E-state index contributed by atoms with van der Waals surface area (Å²) < 4.78 is 34.4. The summed E-state index contributed by atoms with van der Waals surface area (Å²) in [6.45, 7) is 2.48. The first-order valence-electron chi connectivity index (χ1n) is 11.2. The third kappa shape index (κ3) is 5.00. The normalized spacial score (nSPS) is 19.8. The molecule has 9 heteroatoms. The maximum atomic E-state index is 11.7. The first-order chi connectivity index (χ1) is 16.6. The molecule has 2 atom stereocenters. The van der Waals surface area contributed by atoms with E-state index >= 15 is 0 Å². The summed E-state index contributed by atoms with van der Waals surface area (Å²) in [7, 11) is 1.48. The molecule has 1 aromatic heterocycles. The highest BCUT2D eigenvalue weighted by Gasteiger charge is 2.21. The van der Waals surface area contributed by atoms with E-state index in [-0.39, 0.29) is 12.2 Å². The van der Waals surface area contributed by atoms with Crippen LogP contribution < -0.4 is 24.7 Å². The van der Waals surface area contributed by atoms with Gasteiger partial charge in [0, 0.05) is 48.6 Å². The zero-order valence-electron chi connectivity index (χ0n) is 18.8. The van der Waals surface area contributed by atoms with Gasteiger partial charge in [-0.2, -0.15) is 0 Å². The first-order valence-corrected chi connectivity index (χ1v) is 11.2. The lowest BCUT2D eigenvalue weighted by Crippen LogP contribution is -2.17. The molecular formula is C25H26N2O7. The smallest absolute Gasteiger partial charge is 0.252 e. The Morgan fingerprint density at radius 3 is 2.15 bits per heavy atom. The number of nitrogens with two attached hydrogens (primary N) is 1. The van der Waals surface area contributed by atoms with E-state index in [2.05, 4.69) is 4.98 Å². The molecule has 0 bridgehead atoms. The van der Waals surface area contributed by atoms with Crippen molar-refractivity contribution in [3.63, 3.8) is 0 Å². The van der Waals surface area contributed by atoms with E-state index in [9.17, 15) is 4.79 Å². The molecule has 9 nitrogen and oxygen atoms in total. The van der Waals surface area contributed by atoms with E-state index in [0.717, 1.165) is 18.2 Å². The van der Waals surface area contributed by atoms with Gasteiger partial charge in [-0.05, 0) is 12.1 Å².